The maximum absolute atomic E-state index is 2.55. The Morgan fingerprint density at radius 2 is 1.93 bits per heavy atom. The van der Waals surface area contributed by atoms with E-state index < -0.39 is 0 Å². The molecule has 0 radical (unpaired) electrons. The minimum Gasteiger partial charge on any atom is -0.357 e. The van der Waals surface area contributed by atoms with E-state index in [0.29, 0.717) is 6.04 Å². The molecule has 0 spiro atoms. The van der Waals surface area contributed by atoms with E-state index in [4.69, 9.17) is 0 Å². The van der Waals surface area contributed by atoms with Gasteiger partial charge in [-0.2, -0.15) is 0 Å². The predicted molar refractivity (Wildman–Crippen MR) is 65.1 cm³/mol. The highest BCUT2D eigenvalue weighted by Gasteiger charge is 2.22. The number of hydrogen-bond donors (Lipinski definition) is 0. The fraction of sp³-hybridized carbons (Fsp3) is 0.538. The molecule has 0 aromatic heterocycles. The van der Waals surface area contributed by atoms with Gasteiger partial charge in [0.05, 0.1) is 6.67 Å². The van der Waals surface area contributed by atoms with Gasteiger partial charge in [0.1, 0.15) is 0 Å². The van der Waals surface area contributed by atoms with E-state index in [0.717, 1.165) is 13.2 Å². The summed E-state index contributed by atoms with van der Waals surface area (Å²) in [6, 6.07) is 11.4. The van der Waals surface area contributed by atoms with Crippen molar-refractivity contribution in [3.8, 4) is 0 Å². The van der Waals surface area contributed by atoms with Crippen LogP contribution in [0.5, 0.6) is 0 Å². The second kappa shape index (κ2) is 4.67. The maximum Gasteiger partial charge on any atom is 0.0710 e. The molecule has 82 valence electrons. The third-order valence-corrected chi connectivity index (χ3v) is 3.35. The van der Waals surface area contributed by atoms with Crippen LogP contribution in [0, 0.1) is 0 Å². The van der Waals surface area contributed by atoms with Gasteiger partial charge in [-0.25, -0.2) is 0 Å². The lowest BCUT2D eigenvalue weighted by Crippen LogP contribution is -2.32. The zero-order valence-electron chi connectivity index (χ0n) is 9.69. The number of para-hydroxylation sites is 1. The fourth-order valence-corrected chi connectivity index (χ4v) is 2.08. The molecule has 1 unspecified atom stereocenters. The Morgan fingerprint density at radius 1 is 1.20 bits per heavy atom. The first-order valence-electron chi connectivity index (χ1n) is 5.85. The molecule has 1 atom stereocenters. The van der Waals surface area contributed by atoms with E-state index in [-0.39, 0.29) is 0 Å². The van der Waals surface area contributed by atoms with Crippen molar-refractivity contribution in [2.75, 3.05) is 24.7 Å². The maximum atomic E-state index is 2.55. The summed E-state index contributed by atoms with van der Waals surface area (Å²) in [7, 11) is 0. The molecule has 2 heteroatoms. The quantitative estimate of drug-likeness (QED) is 0.746. The summed E-state index contributed by atoms with van der Waals surface area (Å²) < 4.78 is 0. The molecule has 1 aromatic rings. The van der Waals surface area contributed by atoms with Crippen molar-refractivity contribution in [1.29, 1.82) is 0 Å². The van der Waals surface area contributed by atoms with Gasteiger partial charge < -0.3 is 4.90 Å². The van der Waals surface area contributed by atoms with Crippen LogP contribution >= 0.6 is 0 Å². The lowest BCUT2D eigenvalue weighted by molar-refractivity contribution is 0.255. The van der Waals surface area contributed by atoms with Crippen molar-refractivity contribution in [2.24, 2.45) is 0 Å². The second-order valence-corrected chi connectivity index (χ2v) is 4.31. The van der Waals surface area contributed by atoms with Crippen LogP contribution in [0.2, 0.25) is 0 Å². The predicted octanol–water partition coefficient (Wildman–Crippen LogP) is 2.56. The van der Waals surface area contributed by atoms with E-state index in [2.05, 4.69) is 54.0 Å². The van der Waals surface area contributed by atoms with Crippen molar-refractivity contribution in [2.45, 2.75) is 26.3 Å². The van der Waals surface area contributed by atoms with E-state index in [1.165, 1.54) is 18.7 Å². The first-order chi connectivity index (χ1) is 7.31. The summed E-state index contributed by atoms with van der Waals surface area (Å²) in [4.78, 5) is 5.00. The first-order valence-corrected chi connectivity index (χ1v) is 5.85. The lowest BCUT2D eigenvalue weighted by Gasteiger charge is -2.24. The molecule has 1 heterocycles. The molecule has 0 amide bonds. The van der Waals surface area contributed by atoms with Crippen LogP contribution in [0.4, 0.5) is 5.69 Å². The molecular formula is C13H20N2. The Labute approximate surface area is 92.5 Å². The highest BCUT2D eigenvalue weighted by molar-refractivity contribution is 5.46. The minimum absolute atomic E-state index is 0.707. The van der Waals surface area contributed by atoms with Crippen molar-refractivity contribution in [1.82, 2.24) is 4.90 Å². The SMILES string of the molecule is CCC(C)N1CCN(c2ccccc2)C1. The molecule has 0 saturated carbocycles. The molecule has 0 N–H and O–H groups in total. The number of hydrogen-bond acceptors (Lipinski definition) is 2. The molecule has 0 aliphatic carbocycles. The van der Waals surface area contributed by atoms with E-state index in [1.807, 2.05) is 0 Å². The summed E-state index contributed by atoms with van der Waals surface area (Å²) in [6.07, 6.45) is 1.24. The van der Waals surface area contributed by atoms with Gasteiger partial charge in [0.25, 0.3) is 0 Å². The molecule has 0 bridgehead atoms. The average molecular weight is 204 g/mol. The standard InChI is InChI=1S/C13H20N2/c1-3-12(2)14-9-10-15(11-14)13-7-5-4-6-8-13/h4-8,12H,3,9-11H2,1-2H3. The molecule has 1 aliphatic heterocycles. The zero-order valence-corrected chi connectivity index (χ0v) is 9.69. The van der Waals surface area contributed by atoms with Gasteiger partial charge >= 0.3 is 0 Å². The van der Waals surface area contributed by atoms with E-state index in [9.17, 15) is 0 Å². The molecule has 2 rings (SSSR count). The van der Waals surface area contributed by atoms with Crippen molar-refractivity contribution < 1.29 is 0 Å². The first kappa shape index (κ1) is 10.5. The summed E-state index contributed by atoms with van der Waals surface area (Å²) >= 11 is 0. The van der Waals surface area contributed by atoms with Crippen molar-refractivity contribution >= 4 is 5.69 Å². The molecule has 1 fully saturated rings. The van der Waals surface area contributed by atoms with Crippen LogP contribution in [-0.4, -0.2) is 30.7 Å². The van der Waals surface area contributed by atoms with Crippen LogP contribution in [0.3, 0.4) is 0 Å². The molecular weight excluding hydrogens is 184 g/mol. The number of anilines is 1. The largest absolute Gasteiger partial charge is 0.357 e. The number of benzene rings is 1. The van der Waals surface area contributed by atoms with Crippen molar-refractivity contribution in [3.63, 3.8) is 0 Å². The van der Waals surface area contributed by atoms with E-state index >= 15 is 0 Å². The lowest BCUT2D eigenvalue weighted by atomic mass is 10.2. The van der Waals surface area contributed by atoms with Gasteiger partial charge in [-0.15, -0.1) is 0 Å². The van der Waals surface area contributed by atoms with Gasteiger partial charge in [0.2, 0.25) is 0 Å². The Balaban J connectivity index is 1.99. The normalized spacial score (nSPS) is 19.5. The van der Waals surface area contributed by atoms with Crippen molar-refractivity contribution in [3.05, 3.63) is 30.3 Å². The smallest absolute Gasteiger partial charge is 0.0710 e. The van der Waals surface area contributed by atoms with E-state index in [1.54, 1.807) is 0 Å². The van der Waals surface area contributed by atoms with Crippen LogP contribution in [0.15, 0.2) is 30.3 Å². The van der Waals surface area contributed by atoms with Gasteiger partial charge in [0.15, 0.2) is 0 Å². The highest BCUT2D eigenvalue weighted by atomic mass is 15.4. The fourth-order valence-electron chi connectivity index (χ4n) is 2.08. The van der Waals surface area contributed by atoms with Crippen LogP contribution in [-0.2, 0) is 0 Å². The number of rotatable bonds is 3. The topological polar surface area (TPSA) is 6.48 Å². The molecule has 1 aliphatic rings. The Bertz CT molecular complexity index is 297. The summed E-state index contributed by atoms with van der Waals surface area (Å²) in [5.41, 5.74) is 1.35. The Kier molecular flexibility index (Phi) is 3.27. The second-order valence-electron chi connectivity index (χ2n) is 4.31. The molecule has 1 saturated heterocycles. The summed E-state index contributed by atoms with van der Waals surface area (Å²) in [5, 5.41) is 0. The summed E-state index contributed by atoms with van der Waals surface area (Å²) in [6.45, 7) is 8.02. The molecule has 2 nitrogen and oxygen atoms in total. The third kappa shape index (κ3) is 2.32. The summed E-state index contributed by atoms with van der Waals surface area (Å²) in [5.74, 6) is 0. The Hall–Kier alpha value is -1.02. The van der Waals surface area contributed by atoms with Gasteiger partial charge in [0, 0.05) is 24.8 Å². The van der Waals surface area contributed by atoms with Crippen LogP contribution < -0.4 is 4.90 Å². The average Bonchev–Trinajstić information content (AvgIpc) is 2.78. The molecule has 1 aromatic carbocycles. The van der Waals surface area contributed by atoms with Crippen LogP contribution in [0.25, 0.3) is 0 Å². The monoisotopic (exact) mass is 204 g/mol. The van der Waals surface area contributed by atoms with Gasteiger partial charge in [-0.3, -0.25) is 4.90 Å². The highest BCUT2D eigenvalue weighted by Crippen LogP contribution is 2.19. The number of nitrogens with zero attached hydrogens (tertiary/aromatic N) is 2. The molecule has 15 heavy (non-hydrogen) atoms. The van der Waals surface area contributed by atoms with Gasteiger partial charge in [-0.1, -0.05) is 25.1 Å². The third-order valence-electron chi connectivity index (χ3n) is 3.35. The zero-order chi connectivity index (χ0) is 10.7. The Morgan fingerprint density at radius 3 is 2.60 bits per heavy atom. The van der Waals surface area contributed by atoms with Gasteiger partial charge in [-0.05, 0) is 25.5 Å². The minimum atomic E-state index is 0.707. The van der Waals surface area contributed by atoms with Crippen LogP contribution in [0.1, 0.15) is 20.3 Å².